The minimum atomic E-state index is -0.950. The third kappa shape index (κ3) is 2.07. The van der Waals surface area contributed by atoms with Crippen molar-refractivity contribution in [3.63, 3.8) is 0 Å². The molecule has 3 N–H and O–H groups in total. The number of amides is 1. The number of rotatable bonds is 1. The van der Waals surface area contributed by atoms with Crippen molar-refractivity contribution in [1.29, 1.82) is 0 Å². The fourth-order valence-corrected chi connectivity index (χ4v) is 3.86. The number of hydroxylamine groups is 2. The summed E-state index contributed by atoms with van der Waals surface area (Å²) in [7, 11) is 0. The van der Waals surface area contributed by atoms with Gasteiger partial charge >= 0.3 is 0 Å². The molecule has 2 aliphatic carbocycles. The maximum Gasteiger partial charge on any atom is 0.298 e. The number of aryl methyl sites for hydroxylation is 1. The molecule has 2 saturated heterocycles. The van der Waals surface area contributed by atoms with Gasteiger partial charge < -0.3 is 10.2 Å². The van der Waals surface area contributed by atoms with Gasteiger partial charge in [0.2, 0.25) is 0 Å². The van der Waals surface area contributed by atoms with E-state index < -0.39 is 24.4 Å². The zero-order chi connectivity index (χ0) is 15.3. The minimum absolute atomic E-state index is 0.306. The number of carbonyl (C=O) groups excluding carboxylic acids is 1. The average molecular weight is 307 g/mol. The number of aromatic amines is 1. The second-order valence-electron chi connectivity index (χ2n) is 6.49. The maximum absolute atomic E-state index is 12.8. The van der Waals surface area contributed by atoms with E-state index in [4.69, 9.17) is 4.84 Å². The first-order chi connectivity index (χ1) is 10.7. The zero-order valence-corrected chi connectivity index (χ0v) is 12.4. The van der Waals surface area contributed by atoms with Gasteiger partial charge in [-0.2, -0.15) is 5.10 Å². The van der Waals surface area contributed by atoms with Gasteiger partial charge in [-0.1, -0.05) is 6.42 Å². The summed E-state index contributed by atoms with van der Waals surface area (Å²) >= 11 is 0. The lowest BCUT2D eigenvalue weighted by molar-refractivity contribution is -0.306. The molecule has 1 aromatic rings. The number of fused-ring (bicyclic) bond motifs is 4. The average Bonchev–Trinajstić information content (AvgIpc) is 2.79. The second-order valence-corrected chi connectivity index (χ2v) is 6.49. The summed E-state index contributed by atoms with van der Waals surface area (Å²) in [5, 5.41) is 28.4. The molecule has 0 aromatic carbocycles. The normalized spacial score (nSPS) is 34.4. The third-order valence-corrected chi connectivity index (χ3v) is 5.13. The molecule has 22 heavy (non-hydrogen) atoms. The number of hydrogen-bond acceptors (Lipinski definition) is 5. The highest BCUT2D eigenvalue weighted by molar-refractivity contribution is 5.93. The van der Waals surface area contributed by atoms with Crippen molar-refractivity contribution in [1.82, 2.24) is 15.3 Å². The number of nitrogens with one attached hydrogen (secondary N) is 1. The molecule has 1 aromatic heterocycles. The topological polar surface area (TPSA) is 98.7 Å². The van der Waals surface area contributed by atoms with E-state index >= 15 is 0 Å². The number of aliphatic hydroxyl groups excluding tert-OH is 2. The maximum atomic E-state index is 12.8. The highest BCUT2D eigenvalue weighted by Crippen LogP contribution is 2.35. The molecule has 0 unspecified atom stereocenters. The molecule has 0 spiro atoms. The van der Waals surface area contributed by atoms with Crippen LogP contribution >= 0.6 is 0 Å². The predicted octanol–water partition coefficient (Wildman–Crippen LogP) is 0.319. The van der Waals surface area contributed by atoms with Gasteiger partial charge in [0.25, 0.3) is 5.91 Å². The zero-order valence-electron chi connectivity index (χ0n) is 12.4. The third-order valence-electron chi connectivity index (χ3n) is 5.13. The molecule has 1 amide bonds. The van der Waals surface area contributed by atoms with Gasteiger partial charge in [-0.25, -0.2) is 5.06 Å². The summed E-state index contributed by atoms with van der Waals surface area (Å²) in [5.74, 6) is -0.306. The van der Waals surface area contributed by atoms with Crippen LogP contribution in [0.5, 0.6) is 0 Å². The Hall–Kier alpha value is -1.44. The van der Waals surface area contributed by atoms with Gasteiger partial charge in [-0.3, -0.25) is 14.7 Å². The molecule has 3 heterocycles. The Morgan fingerprint density at radius 2 is 2.00 bits per heavy atom. The van der Waals surface area contributed by atoms with Gasteiger partial charge in [0, 0.05) is 11.3 Å². The van der Waals surface area contributed by atoms with Gasteiger partial charge in [-0.05, 0) is 38.5 Å². The van der Waals surface area contributed by atoms with Crippen molar-refractivity contribution in [2.75, 3.05) is 0 Å². The Kier molecular flexibility index (Phi) is 3.43. The smallest absolute Gasteiger partial charge is 0.298 e. The molecular formula is C15H21N3O4. The molecule has 0 radical (unpaired) electrons. The fraction of sp³-hybridized carbons (Fsp3) is 0.733. The Bertz CT molecular complexity index is 585. The van der Waals surface area contributed by atoms with Crippen LogP contribution in [0.4, 0.5) is 0 Å². The number of nitrogens with zero attached hydrogens (tertiary/aromatic N) is 2. The molecular weight excluding hydrogens is 286 g/mol. The summed E-state index contributed by atoms with van der Waals surface area (Å²) in [6, 6.07) is -0.495. The van der Waals surface area contributed by atoms with E-state index in [0.29, 0.717) is 18.5 Å². The molecule has 7 heteroatoms. The molecule has 5 rings (SSSR count). The minimum Gasteiger partial charge on any atom is -0.388 e. The van der Waals surface area contributed by atoms with Crippen molar-refractivity contribution in [2.45, 2.75) is 69.3 Å². The highest BCUT2D eigenvalue weighted by atomic mass is 16.7. The summed E-state index contributed by atoms with van der Waals surface area (Å²) in [6.45, 7) is 0. The van der Waals surface area contributed by atoms with E-state index in [0.717, 1.165) is 43.4 Å². The lowest BCUT2D eigenvalue weighted by Gasteiger charge is -2.49. The van der Waals surface area contributed by atoms with Crippen LogP contribution in [0.15, 0.2) is 0 Å². The second kappa shape index (κ2) is 5.33. The molecule has 2 bridgehead atoms. The van der Waals surface area contributed by atoms with Crippen molar-refractivity contribution in [3.05, 3.63) is 17.0 Å². The Morgan fingerprint density at radius 1 is 1.18 bits per heavy atom. The predicted molar refractivity (Wildman–Crippen MR) is 75.9 cm³/mol. The first-order valence-corrected chi connectivity index (χ1v) is 8.09. The first-order valence-electron chi connectivity index (χ1n) is 8.09. The van der Waals surface area contributed by atoms with Gasteiger partial charge in [-0.15, -0.1) is 0 Å². The van der Waals surface area contributed by atoms with Gasteiger partial charge in [0.1, 0.15) is 18.3 Å². The van der Waals surface area contributed by atoms with Crippen LogP contribution in [0.1, 0.15) is 53.8 Å². The molecule has 7 nitrogen and oxygen atoms in total. The first kappa shape index (κ1) is 14.2. The summed E-state index contributed by atoms with van der Waals surface area (Å²) < 4.78 is 0. The molecule has 3 fully saturated rings. The van der Waals surface area contributed by atoms with E-state index in [2.05, 4.69) is 10.2 Å². The van der Waals surface area contributed by atoms with Crippen LogP contribution in [0.2, 0.25) is 0 Å². The Labute approximate surface area is 128 Å². The molecule has 2 aliphatic heterocycles. The van der Waals surface area contributed by atoms with E-state index in [9.17, 15) is 15.0 Å². The monoisotopic (exact) mass is 307 g/mol. The SMILES string of the molecule is O=C(c1n[nH]c2c1CCCCC2)N1O[C@@H]2CC[C@H]1[C@@H](O)[C@H]2O. The Balaban J connectivity index is 1.62. The van der Waals surface area contributed by atoms with Crippen molar-refractivity contribution in [3.8, 4) is 0 Å². The van der Waals surface area contributed by atoms with Crippen LogP contribution in [0.25, 0.3) is 0 Å². The van der Waals surface area contributed by atoms with Crippen LogP contribution < -0.4 is 0 Å². The van der Waals surface area contributed by atoms with Crippen molar-refractivity contribution in [2.24, 2.45) is 0 Å². The summed E-state index contributed by atoms with van der Waals surface area (Å²) in [5.41, 5.74) is 2.44. The molecule has 120 valence electrons. The van der Waals surface area contributed by atoms with Crippen LogP contribution in [0.3, 0.4) is 0 Å². The van der Waals surface area contributed by atoms with Gasteiger partial charge in [0.05, 0.1) is 6.04 Å². The van der Waals surface area contributed by atoms with E-state index in [1.165, 1.54) is 5.06 Å². The van der Waals surface area contributed by atoms with Crippen molar-refractivity contribution < 1.29 is 19.8 Å². The standard InChI is InChI=1S/C15H21N3O4/c19-13-10-6-7-11(14(13)20)22-18(10)15(21)12-8-4-2-1-3-5-9(8)16-17-12/h10-11,13-14,19-20H,1-7H2,(H,16,17)/t10-,11+,13+,14-/m0/s1. The van der Waals surface area contributed by atoms with Crippen LogP contribution in [0, 0.1) is 0 Å². The summed E-state index contributed by atoms with van der Waals surface area (Å²) in [6.07, 6.45) is 4.01. The quantitative estimate of drug-likeness (QED) is 0.649. The highest BCUT2D eigenvalue weighted by Gasteiger charge is 2.50. The number of H-pyrrole nitrogens is 1. The van der Waals surface area contributed by atoms with Gasteiger partial charge in [0.15, 0.2) is 5.69 Å². The van der Waals surface area contributed by atoms with E-state index in [1.807, 2.05) is 0 Å². The Morgan fingerprint density at radius 3 is 2.82 bits per heavy atom. The van der Waals surface area contributed by atoms with E-state index in [-0.39, 0.29) is 5.91 Å². The number of hydrogen-bond donors (Lipinski definition) is 3. The van der Waals surface area contributed by atoms with Crippen molar-refractivity contribution >= 4 is 5.91 Å². The molecule has 4 aliphatic rings. The van der Waals surface area contributed by atoms with Crippen LogP contribution in [-0.2, 0) is 17.7 Å². The van der Waals surface area contributed by atoms with Crippen LogP contribution in [-0.4, -0.2) is 55.7 Å². The number of carbonyl (C=O) groups is 1. The largest absolute Gasteiger partial charge is 0.388 e. The lowest BCUT2D eigenvalue weighted by atomic mass is 9.85. The molecule has 4 atom stereocenters. The molecule has 1 saturated carbocycles. The lowest BCUT2D eigenvalue weighted by Crippen LogP contribution is -2.65. The number of aliphatic hydroxyl groups is 2. The fourth-order valence-electron chi connectivity index (χ4n) is 3.86. The van der Waals surface area contributed by atoms with E-state index in [1.54, 1.807) is 0 Å². The number of aromatic nitrogens is 2. The summed E-state index contributed by atoms with van der Waals surface area (Å²) in [4.78, 5) is 18.4.